The molecule has 0 aliphatic carbocycles. The molecule has 1 N–H and O–H groups in total. The summed E-state index contributed by atoms with van der Waals surface area (Å²) < 4.78 is 0. The highest BCUT2D eigenvalue weighted by molar-refractivity contribution is 6.19. The van der Waals surface area contributed by atoms with Gasteiger partial charge in [-0.1, -0.05) is 6.08 Å². The molecule has 0 unspecified atom stereocenters. The van der Waals surface area contributed by atoms with Gasteiger partial charge >= 0.3 is 0 Å². The lowest BCUT2D eigenvalue weighted by atomic mass is 10.1. The number of rotatable bonds is 1. The van der Waals surface area contributed by atoms with E-state index in [1.165, 1.54) is 5.57 Å². The minimum absolute atomic E-state index is 0.535. The second-order valence-electron chi connectivity index (χ2n) is 2.20. The molecule has 11 heavy (non-hydrogen) atoms. The monoisotopic (exact) mass is 170 g/mol. The van der Waals surface area contributed by atoms with Crippen molar-refractivity contribution in [3.8, 4) is 0 Å². The number of hydrogen-bond acceptors (Lipinski definition) is 2. The van der Waals surface area contributed by atoms with Crippen molar-refractivity contribution in [3.63, 3.8) is 0 Å². The van der Waals surface area contributed by atoms with E-state index in [0.29, 0.717) is 5.88 Å². The zero-order valence-corrected chi connectivity index (χ0v) is 7.23. The highest BCUT2D eigenvalue weighted by Gasteiger charge is 2.04. The molecule has 3 heteroatoms. The molecule has 0 saturated carbocycles. The van der Waals surface area contributed by atoms with Crippen LogP contribution in [-0.4, -0.2) is 18.8 Å². The molecule has 0 radical (unpaired) electrons. The lowest BCUT2D eigenvalue weighted by Crippen LogP contribution is -2.19. The number of hydrogen-bond donors (Lipinski definition) is 1. The molecule has 0 fully saturated rings. The second-order valence-corrected chi connectivity index (χ2v) is 2.51. The van der Waals surface area contributed by atoms with Crippen LogP contribution in [0.3, 0.4) is 0 Å². The summed E-state index contributed by atoms with van der Waals surface area (Å²) in [7, 11) is 0. The maximum atomic E-state index is 5.57. The van der Waals surface area contributed by atoms with Crippen LogP contribution in [0.15, 0.2) is 28.4 Å². The van der Waals surface area contributed by atoms with Gasteiger partial charge in [0.2, 0.25) is 0 Å². The highest BCUT2D eigenvalue weighted by atomic mass is 35.5. The predicted molar refractivity (Wildman–Crippen MR) is 49.1 cm³/mol. The van der Waals surface area contributed by atoms with Crippen molar-refractivity contribution < 1.29 is 0 Å². The summed E-state index contributed by atoms with van der Waals surface area (Å²) in [6.07, 6.45) is 5.69. The molecular weight excluding hydrogens is 160 g/mol. The fraction of sp³-hybridized carbons (Fsp3) is 0.375. The number of halogens is 1. The minimum atomic E-state index is 0.535. The fourth-order valence-corrected chi connectivity index (χ4v) is 1.11. The Morgan fingerprint density at radius 2 is 2.64 bits per heavy atom. The van der Waals surface area contributed by atoms with Crippen LogP contribution in [0.2, 0.25) is 0 Å². The van der Waals surface area contributed by atoms with Crippen LogP contribution in [0.4, 0.5) is 0 Å². The Kier molecular flexibility index (Phi) is 3.17. The van der Waals surface area contributed by atoms with Crippen molar-refractivity contribution >= 4 is 17.9 Å². The summed E-state index contributed by atoms with van der Waals surface area (Å²) in [5, 5.41) is 3.04. The molecule has 0 atom stereocenters. The smallest absolute Gasteiger partial charge is 0.0872 e. The maximum absolute atomic E-state index is 5.57. The standard InChI is InChI=1S/C8H11ClN2/c1-2-7-5-10-6-11-8(7)3-4-9/h2-3,6H,4-5H2,1H3,(H,10,11)/b7-2-,8-3+. The van der Waals surface area contributed by atoms with Gasteiger partial charge in [-0.05, 0) is 18.6 Å². The molecule has 0 aromatic carbocycles. The summed E-state index contributed by atoms with van der Waals surface area (Å²) in [5.74, 6) is 0.535. The number of allylic oxidation sites excluding steroid dienone is 2. The van der Waals surface area contributed by atoms with E-state index in [1.54, 1.807) is 6.34 Å². The number of aliphatic imine (C=N–C) groups is 1. The average Bonchev–Trinajstić information content (AvgIpc) is 2.06. The van der Waals surface area contributed by atoms with E-state index in [-0.39, 0.29) is 0 Å². The van der Waals surface area contributed by atoms with E-state index in [0.717, 1.165) is 12.2 Å². The molecule has 0 aromatic rings. The largest absolute Gasteiger partial charge is 0.347 e. The summed E-state index contributed by atoms with van der Waals surface area (Å²) in [6.45, 7) is 2.76. The molecule has 0 saturated heterocycles. The van der Waals surface area contributed by atoms with E-state index in [9.17, 15) is 0 Å². The van der Waals surface area contributed by atoms with E-state index < -0.39 is 0 Å². The Bertz CT molecular complexity index is 216. The van der Waals surface area contributed by atoms with Crippen LogP contribution in [0.1, 0.15) is 6.92 Å². The molecule has 1 aliphatic rings. The minimum Gasteiger partial charge on any atom is -0.347 e. The summed E-state index contributed by atoms with van der Waals surface area (Å²) in [6, 6.07) is 0. The molecule has 0 spiro atoms. The first-order valence-electron chi connectivity index (χ1n) is 3.55. The Morgan fingerprint density at radius 3 is 3.27 bits per heavy atom. The van der Waals surface area contributed by atoms with Crippen molar-refractivity contribution in [2.45, 2.75) is 6.92 Å². The van der Waals surface area contributed by atoms with Crippen LogP contribution in [0.5, 0.6) is 0 Å². The second kappa shape index (κ2) is 4.19. The molecule has 1 aliphatic heterocycles. The summed E-state index contributed by atoms with van der Waals surface area (Å²) in [4.78, 5) is 4.07. The average molecular weight is 171 g/mol. The summed E-state index contributed by atoms with van der Waals surface area (Å²) in [5.41, 5.74) is 2.28. The third-order valence-electron chi connectivity index (χ3n) is 1.55. The molecule has 2 nitrogen and oxygen atoms in total. The van der Waals surface area contributed by atoms with Gasteiger partial charge in [-0.2, -0.15) is 0 Å². The first-order valence-corrected chi connectivity index (χ1v) is 4.08. The lowest BCUT2D eigenvalue weighted by Gasteiger charge is -2.13. The molecular formula is C8H11ClN2. The van der Waals surface area contributed by atoms with Crippen molar-refractivity contribution in [1.29, 1.82) is 0 Å². The van der Waals surface area contributed by atoms with Gasteiger partial charge in [-0.25, -0.2) is 0 Å². The maximum Gasteiger partial charge on any atom is 0.0872 e. The zero-order chi connectivity index (χ0) is 8.10. The summed E-state index contributed by atoms with van der Waals surface area (Å²) >= 11 is 5.57. The van der Waals surface area contributed by atoms with Gasteiger partial charge in [0.25, 0.3) is 0 Å². The first kappa shape index (κ1) is 8.34. The van der Waals surface area contributed by atoms with Crippen LogP contribution >= 0.6 is 11.6 Å². The Morgan fingerprint density at radius 1 is 1.82 bits per heavy atom. The van der Waals surface area contributed by atoms with Gasteiger partial charge in [-0.3, -0.25) is 4.99 Å². The normalized spacial score (nSPS) is 24.2. The quantitative estimate of drug-likeness (QED) is 0.595. The third-order valence-corrected chi connectivity index (χ3v) is 1.70. The predicted octanol–water partition coefficient (Wildman–Crippen LogP) is 1.69. The van der Waals surface area contributed by atoms with E-state index in [2.05, 4.69) is 10.3 Å². The van der Waals surface area contributed by atoms with E-state index >= 15 is 0 Å². The molecule has 1 heterocycles. The number of nitrogens with zero attached hydrogens (tertiary/aromatic N) is 1. The first-order chi connectivity index (χ1) is 5.38. The SMILES string of the molecule is C/C=C1/CN=CN/C1=C/CCl. The van der Waals surface area contributed by atoms with Crippen LogP contribution in [0.25, 0.3) is 0 Å². The van der Waals surface area contributed by atoms with Gasteiger partial charge in [-0.15, -0.1) is 11.6 Å². The number of alkyl halides is 1. The van der Waals surface area contributed by atoms with Gasteiger partial charge in [0.15, 0.2) is 0 Å². The molecule has 0 bridgehead atoms. The van der Waals surface area contributed by atoms with Crippen molar-refractivity contribution in [1.82, 2.24) is 5.32 Å². The molecule has 0 aromatic heterocycles. The Hall–Kier alpha value is -0.760. The van der Waals surface area contributed by atoms with Crippen LogP contribution in [-0.2, 0) is 0 Å². The van der Waals surface area contributed by atoms with Gasteiger partial charge in [0.05, 0.1) is 12.9 Å². The van der Waals surface area contributed by atoms with Crippen molar-refractivity contribution in [2.24, 2.45) is 4.99 Å². The zero-order valence-electron chi connectivity index (χ0n) is 6.47. The van der Waals surface area contributed by atoms with Crippen molar-refractivity contribution in [3.05, 3.63) is 23.4 Å². The fourth-order valence-electron chi connectivity index (χ4n) is 0.951. The van der Waals surface area contributed by atoms with Gasteiger partial charge < -0.3 is 5.32 Å². The van der Waals surface area contributed by atoms with Crippen LogP contribution in [0, 0.1) is 0 Å². The Balaban J connectivity index is 2.78. The highest BCUT2D eigenvalue weighted by Crippen LogP contribution is 2.09. The topological polar surface area (TPSA) is 24.4 Å². The molecule has 1 rings (SSSR count). The number of nitrogens with one attached hydrogen (secondary N) is 1. The van der Waals surface area contributed by atoms with E-state index in [1.807, 2.05) is 19.1 Å². The molecule has 0 amide bonds. The van der Waals surface area contributed by atoms with Crippen molar-refractivity contribution in [2.75, 3.05) is 12.4 Å². The Labute approximate surface area is 71.7 Å². The van der Waals surface area contributed by atoms with E-state index in [4.69, 9.17) is 11.6 Å². The lowest BCUT2D eigenvalue weighted by molar-refractivity contribution is 1.00. The third kappa shape index (κ3) is 2.09. The van der Waals surface area contributed by atoms with Gasteiger partial charge in [0, 0.05) is 11.6 Å². The molecule has 60 valence electrons. The van der Waals surface area contributed by atoms with Gasteiger partial charge in [0.1, 0.15) is 0 Å². The van der Waals surface area contributed by atoms with Crippen LogP contribution < -0.4 is 5.32 Å².